The lowest BCUT2D eigenvalue weighted by Crippen LogP contribution is -2.58. The number of alkyl halides is 6. The number of halogens is 6. The molecule has 2 saturated carbocycles. The number of hydrogen-bond acceptors (Lipinski definition) is 4. The quantitative estimate of drug-likeness (QED) is 0.469. The van der Waals surface area contributed by atoms with Crippen LogP contribution in [0.3, 0.4) is 0 Å². The maximum atomic E-state index is 13.6. The monoisotopic (exact) mass is 529 g/mol. The van der Waals surface area contributed by atoms with Gasteiger partial charge in [-0.3, -0.25) is 14.6 Å². The first-order valence-electron chi connectivity index (χ1n) is 13.4. The van der Waals surface area contributed by atoms with Gasteiger partial charge in [0, 0.05) is 46.3 Å². The summed E-state index contributed by atoms with van der Waals surface area (Å²) in [6, 6.07) is -0.316. The van der Waals surface area contributed by atoms with Crippen molar-refractivity contribution in [2.24, 2.45) is 23.7 Å². The molecule has 1 amide bonds. The predicted molar refractivity (Wildman–Crippen MR) is 124 cm³/mol. The highest BCUT2D eigenvalue weighted by Gasteiger charge is 2.51. The largest absolute Gasteiger partial charge is 0.395 e. The minimum atomic E-state index is -4.64. The Balaban J connectivity index is 1.64. The Hall–Kier alpha value is -1.07. The van der Waals surface area contributed by atoms with Crippen LogP contribution in [0.1, 0.15) is 57.8 Å². The standard InChI is InChI=1S/C25H41F6N3O2/c1-32(8-7-18-15-20(24(26,27)28)17-21(16-18)25(29,30)31)23(36)22(19-5-3-2-4-6-19)34-11-9-33(10-12-34)13-14-35/h18-22,35H,2-17H2,1H3. The van der Waals surface area contributed by atoms with Crippen molar-refractivity contribution in [3.05, 3.63) is 0 Å². The molecular weight excluding hydrogens is 488 g/mol. The minimum Gasteiger partial charge on any atom is -0.395 e. The summed E-state index contributed by atoms with van der Waals surface area (Å²) in [7, 11) is 1.63. The Morgan fingerprint density at radius 1 is 0.917 bits per heavy atom. The van der Waals surface area contributed by atoms with Crippen LogP contribution in [0.4, 0.5) is 26.3 Å². The van der Waals surface area contributed by atoms with E-state index in [4.69, 9.17) is 0 Å². The van der Waals surface area contributed by atoms with E-state index in [1.54, 1.807) is 11.9 Å². The third-order valence-corrected chi connectivity index (χ3v) is 8.55. The molecule has 11 heteroatoms. The average Bonchev–Trinajstić information content (AvgIpc) is 2.83. The van der Waals surface area contributed by atoms with E-state index in [-0.39, 0.29) is 50.3 Å². The highest BCUT2D eigenvalue weighted by Crippen LogP contribution is 2.48. The fourth-order valence-electron chi connectivity index (χ4n) is 6.43. The van der Waals surface area contributed by atoms with E-state index >= 15 is 0 Å². The fourth-order valence-corrected chi connectivity index (χ4v) is 6.43. The Kier molecular flexibility index (Phi) is 10.4. The molecule has 3 atom stereocenters. The van der Waals surface area contributed by atoms with Crippen molar-refractivity contribution < 1.29 is 36.2 Å². The van der Waals surface area contributed by atoms with Gasteiger partial charge in [-0.1, -0.05) is 19.3 Å². The van der Waals surface area contributed by atoms with Crippen LogP contribution in [0.15, 0.2) is 0 Å². The summed E-state index contributed by atoms with van der Waals surface area (Å²) in [6.07, 6.45) is -5.51. The van der Waals surface area contributed by atoms with Gasteiger partial charge >= 0.3 is 12.4 Å². The zero-order valence-electron chi connectivity index (χ0n) is 21.2. The summed E-state index contributed by atoms with van der Waals surface area (Å²) in [4.78, 5) is 19.5. The minimum absolute atomic E-state index is 0.0759. The molecule has 36 heavy (non-hydrogen) atoms. The van der Waals surface area contributed by atoms with Gasteiger partial charge in [0.2, 0.25) is 5.91 Å². The number of piperazine rings is 1. The van der Waals surface area contributed by atoms with Crippen LogP contribution < -0.4 is 0 Å². The van der Waals surface area contributed by atoms with Gasteiger partial charge < -0.3 is 10.0 Å². The SMILES string of the molecule is CN(CCC1CC(C(F)(F)F)CC(C(F)(F)F)C1)C(=O)C(C1CCCCC1)N1CCN(CCO)CC1. The number of carbonyl (C=O) groups excluding carboxylic acids is 1. The second-order valence-electron chi connectivity index (χ2n) is 11.0. The van der Waals surface area contributed by atoms with Crippen molar-refractivity contribution in [3.63, 3.8) is 0 Å². The van der Waals surface area contributed by atoms with Gasteiger partial charge in [0.1, 0.15) is 0 Å². The van der Waals surface area contributed by atoms with E-state index in [1.165, 1.54) is 0 Å². The van der Waals surface area contributed by atoms with Crippen LogP contribution in [0.25, 0.3) is 0 Å². The molecule has 0 aromatic rings. The molecule has 3 fully saturated rings. The van der Waals surface area contributed by atoms with Gasteiger partial charge in [-0.25, -0.2) is 0 Å². The number of nitrogens with zero attached hydrogens (tertiary/aromatic N) is 3. The Bertz CT molecular complexity index is 668. The van der Waals surface area contributed by atoms with Gasteiger partial charge in [-0.2, -0.15) is 26.3 Å². The molecule has 3 rings (SSSR count). The Morgan fingerprint density at radius 2 is 1.47 bits per heavy atom. The van der Waals surface area contributed by atoms with Crippen LogP contribution in [0, 0.1) is 23.7 Å². The molecule has 0 spiro atoms. The van der Waals surface area contributed by atoms with E-state index < -0.39 is 36.5 Å². The molecule has 5 nitrogen and oxygen atoms in total. The zero-order valence-corrected chi connectivity index (χ0v) is 21.2. The number of carbonyl (C=O) groups is 1. The van der Waals surface area contributed by atoms with Crippen LogP contribution in [-0.2, 0) is 4.79 Å². The molecule has 210 valence electrons. The lowest BCUT2D eigenvalue weighted by molar-refractivity contribution is -0.229. The zero-order chi connectivity index (χ0) is 26.5. The van der Waals surface area contributed by atoms with Crippen LogP contribution in [0.5, 0.6) is 0 Å². The number of likely N-dealkylation sites (N-methyl/N-ethyl adjacent to an activating group) is 1. The van der Waals surface area contributed by atoms with E-state index in [1.807, 2.05) is 0 Å². The van der Waals surface area contributed by atoms with Gasteiger partial charge in [0.05, 0.1) is 24.5 Å². The van der Waals surface area contributed by atoms with Crippen molar-refractivity contribution in [1.82, 2.24) is 14.7 Å². The Morgan fingerprint density at radius 3 is 1.97 bits per heavy atom. The van der Waals surface area contributed by atoms with Crippen molar-refractivity contribution in [1.29, 1.82) is 0 Å². The summed E-state index contributed by atoms with van der Waals surface area (Å²) in [5, 5.41) is 9.21. The van der Waals surface area contributed by atoms with E-state index in [0.717, 1.165) is 45.2 Å². The molecule has 1 aliphatic heterocycles. The van der Waals surface area contributed by atoms with E-state index in [9.17, 15) is 36.2 Å². The number of amides is 1. The molecule has 3 unspecified atom stereocenters. The first-order chi connectivity index (χ1) is 16.9. The summed E-state index contributed by atoms with van der Waals surface area (Å²) >= 11 is 0. The van der Waals surface area contributed by atoms with Gasteiger partial charge in [-0.05, 0) is 50.4 Å². The second-order valence-corrected chi connectivity index (χ2v) is 11.0. The molecule has 0 aromatic heterocycles. The number of aliphatic hydroxyl groups excluding tert-OH is 1. The highest BCUT2D eigenvalue weighted by molar-refractivity contribution is 5.82. The highest BCUT2D eigenvalue weighted by atomic mass is 19.4. The van der Waals surface area contributed by atoms with Crippen LogP contribution in [-0.4, -0.2) is 97.0 Å². The first-order valence-corrected chi connectivity index (χ1v) is 13.4. The normalized spacial score (nSPS) is 28.7. The predicted octanol–water partition coefficient (Wildman–Crippen LogP) is 4.55. The second kappa shape index (κ2) is 12.7. The molecular formula is C25H41F6N3O2. The molecule has 1 heterocycles. The van der Waals surface area contributed by atoms with E-state index in [2.05, 4.69) is 9.80 Å². The lowest BCUT2D eigenvalue weighted by Gasteiger charge is -2.43. The molecule has 3 aliphatic rings. The number of aliphatic hydroxyl groups is 1. The number of hydrogen-bond donors (Lipinski definition) is 1. The smallest absolute Gasteiger partial charge is 0.391 e. The molecule has 0 aromatic carbocycles. The fraction of sp³-hybridized carbons (Fsp3) is 0.960. The van der Waals surface area contributed by atoms with Crippen molar-refractivity contribution in [3.8, 4) is 0 Å². The summed E-state index contributed by atoms with van der Waals surface area (Å²) < 4.78 is 80.1. The third kappa shape index (κ3) is 7.96. The number of rotatable bonds is 8. The van der Waals surface area contributed by atoms with E-state index in [0.29, 0.717) is 19.6 Å². The molecule has 1 saturated heterocycles. The van der Waals surface area contributed by atoms with Gasteiger partial charge in [-0.15, -0.1) is 0 Å². The lowest BCUT2D eigenvalue weighted by atomic mass is 9.73. The van der Waals surface area contributed by atoms with Crippen molar-refractivity contribution in [2.75, 3.05) is 52.9 Å². The molecule has 1 N–H and O–H groups in total. The average molecular weight is 530 g/mol. The molecule has 0 radical (unpaired) electrons. The summed E-state index contributed by atoms with van der Waals surface area (Å²) in [5.41, 5.74) is 0. The maximum Gasteiger partial charge on any atom is 0.391 e. The topological polar surface area (TPSA) is 47.0 Å². The van der Waals surface area contributed by atoms with Crippen molar-refractivity contribution >= 4 is 5.91 Å². The third-order valence-electron chi connectivity index (χ3n) is 8.55. The Labute approximate surface area is 210 Å². The molecule has 0 bridgehead atoms. The van der Waals surface area contributed by atoms with Crippen LogP contribution >= 0.6 is 0 Å². The van der Waals surface area contributed by atoms with Gasteiger partial charge in [0.15, 0.2) is 0 Å². The maximum absolute atomic E-state index is 13.6. The summed E-state index contributed by atoms with van der Waals surface area (Å²) in [6.45, 7) is 3.73. The van der Waals surface area contributed by atoms with Crippen LogP contribution in [0.2, 0.25) is 0 Å². The van der Waals surface area contributed by atoms with Gasteiger partial charge in [0.25, 0.3) is 0 Å². The molecule has 2 aliphatic carbocycles. The number of β-amino-alcohol motifs (C(OH)–C–C–N with tert-alkyl or cyclic N) is 1. The first kappa shape index (κ1) is 29.5. The van der Waals surface area contributed by atoms with Crippen molar-refractivity contribution in [2.45, 2.75) is 76.2 Å². The summed E-state index contributed by atoms with van der Waals surface area (Å²) in [5.74, 6) is -4.49.